The third kappa shape index (κ3) is 6.32. The van der Waals surface area contributed by atoms with Crippen molar-refractivity contribution in [3.63, 3.8) is 0 Å². The molecule has 1 fully saturated rings. The maximum Gasteiger partial charge on any atom is 0.308 e. The molecule has 2 aromatic carbocycles. The number of fused-ring (bicyclic) bond motifs is 1. The highest BCUT2D eigenvalue weighted by molar-refractivity contribution is 6.04. The van der Waals surface area contributed by atoms with Crippen molar-refractivity contribution < 1.29 is 23.9 Å². The predicted octanol–water partition coefficient (Wildman–Crippen LogP) is 3.63. The lowest BCUT2D eigenvalue weighted by Gasteiger charge is -2.19. The molecule has 3 aromatic rings. The van der Waals surface area contributed by atoms with Crippen LogP contribution in [0.5, 0.6) is 5.75 Å². The molecule has 1 saturated carbocycles. The molecule has 194 valence electrons. The van der Waals surface area contributed by atoms with Gasteiger partial charge < -0.3 is 19.9 Å². The summed E-state index contributed by atoms with van der Waals surface area (Å²) < 4.78 is 6.77. The van der Waals surface area contributed by atoms with Gasteiger partial charge in [0.2, 0.25) is 17.8 Å². The van der Waals surface area contributed by atoms with E-state index in [1.165, 1.54) is 25.8 Å². The van der Waals surface area contributed by atoms with Crippen LogP contribution in [-0.2, 0) is 20.9 Å². The molecule has 3 amide bonds. The molecule has 1 aromatic heterocycles. The summed E-state index contributed by atoms with van der Waals surface area (Å²) in [4.78, 5) is 54.8. The van der Waals surface area contributed by atoms with Crippen molar-refractivity contribution in [1.82, 2.24) is 9.55 Å². The number of anilines is 2. The second-order valence-electron chi connectivity index (χ2n) is 9.36. The van der Waals surface area contributed by atoms with Crippen molar-refractivity contribution in [1.29, 1.82) is 0 Å². The van der Waals surface area contributed by atoms with Gasteiger partial charge in [-0.25, -0.2) is 4.98 Å². The number of aryl methyl sites for hydroxylation is 1. The molecule has 1 heterocycles. The summed E-state index contributed by atoms with van der Waals surface area (Å²) in [6, 6.07) is 11.7. The number of nitrogens with two attached hydrogens (primary N) is 1. The minimum atomic E-state index is -0.492. The summed E-state index contributed by atoms with van der Waals surface area (Å²) in [5, 5.41) is 2.78. The Morgan fingerprint density at radius 1 is 1.14 bits per heavy atom. The molecule has 0 bridgehead atoms. The van der Waals surface area contributed by atoms with E-state index >= 15 is 0 Å². The molecule has 1 aliphatic rings. The number of hydrogen-bond acceptors (Lipinski definition) is 6. The summed E-state index contributed by atoms with van der Waals surface area (Å²) in [5.74, 6) is -0.467. The summed E-state index contributed by atoms with van der Waals surface area (Å²) >= 11 is 0. The second-order valence-corrected chi connectivity index (χ2v) is 9.36. The Kier molecular flexibility index (Phi) is 7.86. The number of ether oxygens (including phenoxy) is 1. The van der Waals surface area contributed by atoms with Crippen LogP contribution in [0.3, 0.4) is 0 Å². The average molecular weight is 506 g/mol. The van der Waals surface area contributed by atoms with Gasteiger partial charge in [0.25, 0.3) is 5.91 Å². The van der Waals surface area contributed by atoms with Gasteiger partial charge in [0.1, 0.15) is 5.75 Å². The first kappa shape index (κ1) is 25.9. The highest BCUT2D eigenvalue weighted by atomic mass is 16.5. The summed E-state index contributed by atoms with van der Waals surface area (Å²) in [6.07, 6.45) is 5.12. The van der Waals surface area contributed by atoms with Crippen molar-refractivity contribution in [2.45, 2.75) is 52.0 Å². The normalized spacial score (nSPS) is 13.5. The number of primary amides is 1. The highest BCUT2D eigenvalue weighted by Crippen LogP contribution is 2.30. The van der Waals surface area contributed by atoms with Gasteiger partial charge in [-0.1, -0.05) is 18.9 Å². The van der Waals surface area contributed by atoms with Crippen molar-refractivity contribution in [2.75, 3.05) is 17.3 Å². The lowest BCUT2D eigenvalue weighted by atomic mass is 10.0. The molecule has 10 nitrogen and oxygen atoms in total. The fourth-order valence-corrected chi connectivity index (χ4v) is 4.65. The highest BCUT2D eigenvalue weighted by Gasteiger charge is 2.22. The molecule has 0 unspecified atom stereocenters. The summed E-state index contributed by atoms with van der Waals surface area (Å²) in [5.41, 5.74) is 7.58. The van der Waals surface area contributed by atoms with E-state index in [9.17, 15) is 19.2 Å². The van der Waals surface area contributed by atoms with E-state index in [0.29, 0.717) is 29.1 Å². The topological polar surface area (TPSA) is 137 Å². The Balaban J connectivity index is 1.60. The first-order valence-corrected chi connectivity index (χ1v) is 12.4. The second kappa shape index (κ2) is 11.2. The minimum Gasteiger partial charge on any atom is -0.427 e. The van der Waals surface area contributed by atoms with Crippen molar-refractivity contribution in [2.24, 2.45) is 11.7 Å². The third-order valence-electron chi connectivity index (χ3n) is 6.60. The number of carbonyl (C=O) groups excluding carboxylic acids is 4. The van der Waals surface area contributed by atoms with Crippen LogP contribution in [0.15, 0.2) is 42.5 Å². The number of nitrogens with zero attached hydrogens (tertiary/aromatic N) is 3. The zero-order valence-electron chi connectivity index (χ0n) is 21.0. The Morgan fingerprint density at radius 3 is 2.59 bits per heavy atom. The van der Waals surface area contributed by atoms with Crippen molar-refractivity contribution in [3.05, 3.63) is 48.0 Å². The standard InChI is InChI=1S/C27H31N5O5/c1-17(33)37-21-9-5-8-19(15-21)26(36)30-27-29-22-16-20(10-11-23(22)32(27)13-12-24(28)34)31(2)25(35)14-18-6-3-4-7-18/h5,8-11,15-16,18H,3-4,6-7,12-14H2,1-2H3,(H2,28,34)(H,29,30,36). The van der Waals surface area contributed by atoms with E-state index in [-0.39, 0.29) is 36.1 Å². The fraction of sp³-hybridized carbons (Fsp3) is 0.370. The van der Waals surface area contributed by atoms with Crippen LogP contribution < -0.4 is 20.7 Å². The first-order valence-electron chi connectivity index (χ1n) is 12.4. The number of carbonyl (C=O) groups is 4. The van der Waals surface area contributed by atoms with Gasteiger partial charge in [-0.2, -0.15) is 0 Å². The maximum atomic E-state index is 13.0. The van der Waals surface area contributed by atoms with Gasteiger partial charge in [0, 0.05) is 44.6 Å². The van der Waals surface area contributed by atoms with Crippen LogP contribution in [0, 0.1) is 5.92 Å². The number of rotatable bonds is 9. The fourth-order valence-electron chi connectivity index (χ4n) is 4.65. The van der Waals surface area contributed by atoms with Crippen LogP contribution in [0.25, 0.3) is 11.0 Å². The summed E-state index contributed by atoms with van der Waals surface area (Å²) in [6.45, 7) is 1.49. The number of esters is 1. The van der Waals surface area contributed by atoms with Crippen LogP contribution in [0.2, 0.25) is 0 Å². The number of nitrogens with one attached hydrogen (secondary N) is 1. The Labute approximate surface area is 214 Å². The number of aromatic nitrogens is 2. The molecule has 0 aliphatic heterocycles. The largest absolute Gasteiger partial charge is 0.427 e. The minimum absolute atomic E-state index is 0.0534. The molecule has 0 atom stereocenters. The maximum absolute atomic E-state index is 13.0. The molecular formula is C27H31N5O5. The predicted molar refractivity (Wildman–Crippen MR) is 139 cm³/mol. The Bertz CT molecular complexity index is 1340. The zero-order valence-corrected chi connectivity index (χ0v) is 21.0. The number of amides is 3. The van der Waals surface area contributed by atoms with Crippen LogP contribution >= 0.6 is 0 Å². The number of benzene rings is 2. The molecule has 0 radical (unpaired) electrons. The average Bonchev–Trinajstić information content (AvgIpc) is 3.48. The van der Waals surface area contributed by atoms with Gasteiger partial charge >= 0.3 is 5.97 Å². The van der Waals surface area contributed by atoms with Crippen molar-refractivity contribution >= 4 is 46.4 Å². The number of imidazole rings is 1. The van der Waals surface area contributed by atoms with E-state index in [0.717, 1.165) is 12.8 Å². The Morgan fingerprint density at radius 2 is 1.89 bits per heavy atom. The molecule has 10 heteroatoms. The zero-order chi connectivity index (χ0) is 26.5. The first-order chi connectivity index (χ1) is 17.7. The van der Waals surface area contributed by atoms with Gasteiger partial charge in [0.05, 0.1) is 11.0 Å². The van der Waals surface area contributed by atoms with E-state index in [1.807, 2.05) is 12.1 Å². The molecule has 3 N–H and O–H groups in total. The molecule has 1 aliphatic carbocycles. The van der Waals surface area contributed by atoms with Gasteiger partial charge in [0.15, 0.2) is 0 Å². The van der Waals surface area contributed by atoms with Crippen LogP contribution in [-0.4, -0.2) is 40.3 Å². The number of hydrogen-bond donors (Lipinski definition) is 2. The van der Waals surface area contributed by atoms with Gasteiger partial charge in [-0.15, -0.1) is 0 Å². The van der Waals surface area contributed by atoms with Gasteiger partial charge in [-0.05, 0) is 55.2 Å². The molecule has 0 saturated heterocycles. The van der Waals surface area contributed by atoms with Gasteiger partial charge in [-0.3, -0.25) is 24.5 Å². The van der Waals surface area contributed by atoms with Crippen molar-refractivity contribution in [3.8, 4) is 5.75 Å². The SMILES string of the molecule is CC(=O)Oc1cccc(C(=O)Nc2nc3cc(N(C)C(=O)CC4CCCC4)ccc3n2CCC(N)=O)c1. The molecule has 37 heavy (non-hydrogen) atoms. The van der Waals surface area contributed by atoms with E-state index < -0.39 is 17.8 Å². The molecule has 4 rings (SSSR count). The van der Waals surface area contributed by atoms with Crippen LogP contribution in [0.1, 0.15) is 55.8 Å². The Hall–Kier alpha value is -4.21. The lowest BCUT2D eigenvalue weighted by Crippen LogP contribution is -2.27. The van der Waals surface area contributed by atoms with E-state index in [2.05, 4.69) is 10.3 Å². The lowest BCUT2D eigenvalue weighted by molar-refractivity contribution is -0.132. The van der Waals surface area contributed by atoms with E-state index in [1.54, 1.807) is 40.8 Å². The quantitative estimate of drug-likeness (QED) is 0.337. The van der Waals surface area contributed by atoms with E-state index in [4.69, 9.17) is 10.5 Å². The smallest absolute Gasteiger partial charge is 0.308 e. The van der Waals surface area contributed by atoms with Crippen LogP contribution in [0.4, 0.5) is 11.6 Å². The third-order valence-corrected chi connectivity index (χ3v) is 6.60. The monoisotopic (exact) mass is 505 g/mol. The molecule has 0 spiro atoms. The summed E-state index contributed by atoms with van der Waals surface area (Å²) in [7, 11) is 1.75. The molecular weight excluding hydrogens is 474 g/mol.